The van der Waals surface area contributed by atoms with Gasteiger partial charge in [-0.15, -0.1) is 9.24 Å². The minimum Gasteiger partial charge on any atom is -0.383 e. The molecule has 1 heterocycles. The van der Waals surface area contributed by atoms with E-state index >= 15 is 0 Å². The van der Waals surface area contributed by atoms with Crippen LogP contribution in [-0.2, 0) is 0 Å². The highest BCUT2D eigenvalue weighted by Gasteiger charge is 2.26. The zero-order chi connectivity index (χ0) is 10.4. The summed E-state index contributed by atoms with van der Waals surface area (Å²) in [5.74, 6) is 1.37. The number of fused-ring (bicyclic) bond motifs is 1. The van der Waals surface area contributed by atoms with E-state index in [4.69, 9.17) is 5.73 Å². The Labute approximate surface area is 91.1 Å². The van der Waals surface area contributed by atoms with Crippen molar-refractivity contribution in [1.82, 2.24) is 4.98 Å². The van der Waals surface area contributed by atoms with Gasteiger partial charge in [0.25, 0.3) is 0 Å². The van der Waals surface area contributed by atoms with Crippen molar-refractivity contribution in [3.63, 3.8) is 0 Å². The predicted octanol–water partition coefficient (Wildman–Crippen LogP) is 2.19. The van der Waals surface area contributed by atoms with Gasteiger partial charge >= 0.3 is 0 Å². The normalized spacial score (nSPS) is 15.8. The molecule has 1 aliphatic carbocycles. The second-order valence-electron chi connectivity index (χ2n) is 4.19. The Morgan fingerprint density at radius 3 is 2.80 bits per heavy atom. The number of benzene rings is 1. The molecule has 0 radical (unpaired) electrons. The lowest BCUT2D eigenvalue weighted by atomic mass is 10.1. The molecule has 2 nitrogen and oxygen atoms in total. The minimum atomic E-state index is 0.662. The lowest BCUT2D eigenvalue weighted by Crippen LogP contribution is -1.98. The largest absolute Gasteiger partial charge is 0.383 e. The van der Waals surface area contributed by atoms with Crippen molar-refractivity contribution in [2.24, 2.45) is 0 Å². The van der Waals surface area contributed by atoms with Crippen LogP contribution >= 0.6 is 9.24 Å². The van der Waals surface area contributed by atoms with Crippen molar-refractivity contribution in [2.75, 3.05) is 5.73 Å². The lowest BCUT2D eigenvalue weighted by Gasteiger charge is -2.06. The van der Waals surface area contributed by atoms with Crippen molar-refractivity contribution in [1.29, 1.82) is 0 Å². The van der Waals surface area contributed by atoms with Gasteiger partial charge in [-0.1, -0.05) is 6.07 Å². The third-order valence-electron chi connectivity index (χ3n) is 2.92. The number of hydrogen-bond acceptors (Lipinski definition) is 2. The molecule has 3 rings (SSSR count). The maximum Gasteiger partial charge on any atom is 0.127 e. The number of rotatable bonds is 1. The van der Waals surface area contributed by atoms with Gasteiger partial charge in [-0.25, -0.2) is 4.98 Å². The molecule has 1 fully saturated rings. The van der Waals surface area contributed by atoms with E-state index in [-0.39, 0.29) is 0 Å². The molecule has 2 N–H and O–H groups in total. The van der Waals surface area contributed by atoms with Crippen LogP contribution in [0.4, 0.5) is 5.82 Å². The van der Waals surface area contributed by atoms with E-state index < -0.39 is 0 Å². The summed E-state index contributed by atoms with van der Waals surface area (Å²) in [6.07, 6.45) is 2.52. The fourth-order valence-corrected chi connectivity index (χ4v) is 2.22. The molecule has 76 valence electrons. The summed E-state index contributed by atoms with van der Waals surface area (Å²) < 4.78 is 0. The molecule has 0 amide bonds. The van der Waals surface area contributed by atoms with Crippen LogP contribution in [0, 0.1) is 0 Å². The second kappa shape index (κ2) is 3.18. The van der Waals surface area contributed by atoms with Crippen LogP contribution in [0.5, 0.6) is 0 Å². The van der Waals surface area contributed by atoms with E-state index in [1.807, 2.05) is 12.1 Å². The highest BCUT2D eigenvalue weighted by molar-refractivity contribution is 7.27. The number of anilines is 1. The molecule has 3 heteroatoms. The lowest BCUT2D eigenvalue weighted by molar-refractivity contribution is 1.12. The smallest absolute Gasteiger partial charge is 0.127 e. The molecule has 1 saturated carbocycles. The van der Waals surface area contributed by atoms with Gasteiger partial charge in [0.15, 0.2) is 0 Å². The third kappa shape index (κ3) is 1.59. The van der Waals surface area contributed by atoms with Gasteiger partial charge in [0.2, 0.25) is 0 Å². The van der Waals surface area contributed by atoms with Crippen LogP contribution in [0.15, 0.2) is 24.3 Å². The number of nitrogens with zero attached hydrogens (tertiary/aromatic N) is 1. The molecule has 1 atom stereocenters. The molecule has 15 heavy (non-hydrogen) atoms. The van der Waals surface area contributed by atoms with Gasteiger partial charge in [-0.3, -0.25) is 0 Å². The van der Waals surface area contributed by atoms with Crippen LogP contribution in [0.3, 0.4) is 0 Å². The average Bonchev–Trinajstić information content (AvgIpc) is 3.01. The van der Waals surface area contributed by atoms with Crippen molar-refractivity contribution in [2.45, 2.75) is 18.8 Å². The highest BCUT2D eigenvalue weighted by atomic mass is 31.0. The van der Waals surface area contributed by atoms with E-state index in [1.165, 1.54) is 29.1 Å². The summed E-state index contributed by atoms with van der Waals surface area (Å²) in [5.41, 5.74) is 8.17. The number of pyridine rings is 1. The first-order valence-electron chi connectivity index (χ1n) is 5.20. The van der Waals surface area contributed by atoms with Crippen molar-refractivity contribution in [3.8, 4) is 0 Å². The first-order chi connectivity index (χ1) is 7.24. The zero-order valence-electron chi connectivity index (χ0n) is 8.40. The van der Waals surface area contributed by atoms with Gasteiger partial charge in [0.1, 0.15) is 5.82 Å². The number of aromatic nitrogens is 1. The van der Waals surface area contributed by atoms with Crippen LogP contribution in [0.25, 0.3) is 10.9 Å². The van der Waals surface area contributed by atoms with Crippen LogP contribution in [0.2, 0.25) is 0 Å². The molecule has 1 unspecified atom stereocenters. The van der Waals surface area contributed by atoms with Crippen LogP contribution in [-0.4, -0.2) is 4.98 Å². The third-order valence-corrected chi connectivity index (χ3v) is 3.28. The SMILES string of the molecule is Nc1nc2ccc(P)cc2cc1C1CC1. The molecular weight excluding hydrogens is 203 g/mol. The van der Waals surface area contributed by atoms with E-state index in [1.54, 1.807) is 0 Å². The van der Waals surface area contributed by atoms with Crippen LogP contribution in [0.1, 0.15) is 24.3 Å². The summed E-state index contributed by atoms with van der Waals surface area (Å²) in [5, 5.41) is 2.38. The van der Waals surface area contributed by atoms with E-state index in [0.29, 0.717) is 11.7 Å². The Balaban J connectivity index is 2.25. The van der Waals surface area contributed by atoms with Crippen LogP contribution < -0.4 is 11.0 Å². The van der Waals surface area contributed by atoms with Crippen molar-refractivity contribution in [3.05, 3.63) is 29.8 Å². The minimum absolute atomic E-state index is 0.662. The van der Waals surface area contributed by atoms with Gasteiger partial charge in [-0.2, -0.15) is 0 Å². The summed E-state index contributed by atoms with van der Waals surface area (Å²) >= 11 is 0. The molecule has 2 aromatic rings. The topological polar surface area (TPSA) is 38.9 Å². The Hall–Kier alpha value is -1.14. The molecule has 1 aromatic carbocycles. The van der Waals surface area contributed by atoms with E-state index in [9.17, 15) is 0 Å². The van der Waals surface area contributed by atoms with Gasteiger partial charge in [-0.05, 0) is 47.8 Å². The van der Waals surface area contributed by atoms with Gasteiger partial charge < -0.3 is 5.73 Å². The van der Waals surface area contributed by atoms with E-state index in [2.05, 4.69) is 26.4 Å². The number of nitrogens with two attached hydrogens (primary N) is 1. The quantitative estimate of drug-likeness (QED) is 0.742. The van der Waals surface area contributed by atoms with Crippen molar-refractivity contribution < 1.29 is 0 Å². The van der Waals surface area contributed by atoms with Crippen molar-refractivity contribution >= 4 is 31.3 Å². The first-order valence-corrected chi connectivity index (χ1v) is 5.77. The van der Waals surface area contributed by atoms with E-state index in [0.717, 1.165) is 5.52 Å². The molecule has 0 bridgehead atoms. The molecular formula is C12H13N2P. The fourth-order valence-electron chi connectivity index (χ4n) is 1.95. The van der Waals surface area contributed by atoms with Gasteiger partial charge in [0, 0.05) is 5.39 Å². The second-order valence-corrected chi connectivity index (χ2v) is 4.86. The number of nitrogen functional groups attached to an aromatic ring is 1. The Bertz CT molecular complexity index is 532. The Kier molecular flexibility index (Phi) is 1.93. The summed E-state index contributed by atoms with van der Waals surface area (Å²) in [4.78, 5) is 4.45. The summed E-state index contributed by atoms with van der Waals surface area (Å²) in [6.45, 7) is 0. The zero-order valence-corrected chi connectivity index (χ0v) is 9.56. The summed E-state index contributed by atoms with van der Waals surface area (Å²) in [6, 6.07) is 8.39. The number of hydrogen-bond donors (Lipinski definition) is 1. The monoisotopic (exact) mass is 216 g/mol. The first kappa shape index (κ1) is 9.11. The fraction of sp³-hybridized carbons (Fsp3) is 0.250. The Morgan fingerprint density at radius 1 is 1.27 bits per heavy atom. The summed E-state index contributed by atoms with van der Waals surface area (Å²) in [7, 11) is 2.71. The molecule has 1 aliphatic rings. The maximum absolute atomic E-state index is 5.95. The standard InChI is InChI=1S/C12H13N2P/c13-12-10(7-1-2-7)6-8-5-9(15)3-4-11(8)14-12/h3-7H,1-2,15H2,(H2,13,14). The maximum atomic E-state index is 5.95. The Morgan fingerprint density at radius 2 is 2.07 bits per heavy atom. The highest BCUT2D eigenvalue weighted by Crippen LogP contribution is 2.42. The average molecular weight is 216 g/mol. The molecule has 0 saturated heterocycles. The molecule has 1 aromatic heterocycles. The molecule has 0 spiro atoms. The molecule has 0 aliphatic heterocycles. The van der Waals surface area contributed by atoms with Gasteiger partial charge in [0.05, 0.1) is 5.52 Å². The predicted molar refractivity (Wildman–Crippen MR) is 67.5 cm³/mol.